The van der Waals surface area contributed by atoms with E-state index in [2.05, 4.69) is 5.32 Å². The Balaban J connectivity index is 2.10. The first-order chi connectivity index (χ1) is 9.99. The van der Waals surface area contributed by atoms with Gasteiger partial charge in [0.2, 0.25) is 0 Å². The predicted molar refractivity (Wildman–Crippen MR) is 93.8 cm³/mol. The molecule has 0 unspecified atom stereocenters. The summed E-state index contributed by atoms with van der Waals surface area (Å²) < 4.78 is 5.44. The van der Waals surface area contributed by atoms with Crippen LogP contribution in [0.15, 0.2) is 36.4 Å². The molecule has 0 bridgehead atoms. The standard InChI is InChI=1S/C13H9BCl3NO2S/c15-7-1-3-8(4-2-7)20-13(21)18-12-5-9(14-19)10(16)6-11(12)17/h1-6,14,19H,(H,18,21). The zero-order valence-corrected chi connectivity index (χ0v) is 13.7. The summed E-state index contributed by atoms with van der Waals surface area (Å²) in [4.78, 5) is 0. The van der Waals surface area contributed by atoms with Crippen LogP contribution >= 0.6 is 47.0 Å². The van der Waals surface area contributed by atoms with Crippen LogP contribution in [0.3, 0.4) is 0 Å². The second-order valence-corrected chi connectivity index (χ2v) is 5.67. The van der Waals surface area contributed by atoms with Crippen molar-refractivity contribution in [3.63, 3.8) is 0 Å². The van der Waals surface area contributed by atoms with E-state index in [0.717, 1.165) is 0 Å². The average Bonchev–Trinajstić information content (AvgIpc) is 2.44. The Morgan fingerprint density at radius 3 is 2.38 bits per heavy atom. The normalized spacial score (nSPS) is 10.1. The van der Waals surface area contributed by atoms with E-state index in [9.17, 15) is 5.02 Å². The Hall–Kier alpha value is -0.975. The number of hydrogen-bond donors (Lipinski definition) is 2. The van der Waals surface area contributed by atoms with Gasteiger partial charge < -0.3 is 15.1 Å². The van der Waals surface area contributed by atoms with Gasteiger partial charge in [0.05, 0.1) is 10.7 Å². The maximum Gasteiger partial charge on any atom is 0.306 e. The highest BCUT2D eigenvalue weighted by Crippen LogP contribution is 2.24. The molecule has 0 heterocycles. The summed E-state index contributed by atoms with van der Waals surface area (Å²) in [7, 11) is -0.199. The molecule has 2 aromatic rings. The number of hydrogen-bond acceptors (Lipinski definition) is 3. The van der Waals surface area contributed by atoms with Gasteiger partial charge in [-0.05, 0) is 54.1 Å². The molecule has 0 fully saturated rings. The Morgan fingerprint density at radius 1 is 1.10 bits per heavy atom. The van der Waals surface area contributed by atoms with Gasteiger partial charge in [0.25, 0.3) is 5.17 Å². The van der Waals surface area contributed by atoms with Crippen LogP contribution in [-0.4, -0.2) is 17.7 Å². The van der Waals surface area contributed by atoms with Crippen molar-refractivity contribution in [2.75, 3.05) is 5.32 Å². The molecule has 3 nitrogen and oxygen atoms in total. The van der Waals surface area contributed by atoms with Crippen molar-refractivity contribution in [3.8, 4) is 5.75 Å². The SMILES string of the molecule is OBc1cc(NC(=S)Oc2ccc(Cl)cc2)c(Cl)cc1Cl. The highest BCUT2D eigenvalue weighted by molar-refractivity contribution is 7.80. The maximum atomic E-state index is 9.20. The van der Waals surface area contributed by atoms with E-state index < -0.39 is 0 Å². The lowest BCUT2D eigenvalue weighted by Crippen LogP contribution is -2.20. The lowest BCUT2D eigenvalue weighted by molar-refractivity contribution is 0.563. The molecule has 0 radical (unpaired) electrons. The van der Waals surface area contributed by atoms with E-state index in [-0.39, 0.29) is 12.7 Å². The van der Waals surface area contributed by atoms with Crippen molar-refractivity contribution in [2.45, 2.75) is 0 Å². The number of rotatable bonds is 3. The largest absolute Gasteiger partial charge is 0.449 e. The molecule has 0 aliphatic carbocycles. The first-order valence-electron chi connectivity index (χ1n) is 5.83. The number of anilines is 1. The number of halogens is 3. The molecule has 0 spiro atoms. The van der Waals surface area contributed by atoms with Crippen molar-refractivity contribution in [1.82, 2.24) is 0 Å². The summed E-state index contributed by atoms with van der Waals surface area (Å²) in [6.45, 7) is 0. The molecular formula is C13H9BCl3NO2S. The molecule has 0 atom stereocenters. The fourth-order valence-electron chi connectivity index (χ4n) is 1.56. The molecule has 0 amide bonds. The number of thiocarbonyl (C=S) groups is 1. The Labute approximate surface area is 143 Å². The van der Waals surface area contributed by atoms with Gasteiger partial charge in [0.1, 0.15) is 5.75 Å². The molecule has 0 aromatic heterocycles. The summed E-state index contributed by atoms with van der Waals surface area (Å²) in [5, 5.41) is 13.5. The van der Waals surface area contributed by atoms with E-state index in [1.54, 1.807) is 30.3 Å². The average molecular weight is 360 g/mol. The summed E-state index contributed by atoms with van der Waals surface area (Å²) >= 11 is 22.9. The first kappa shape index (κ1) is 16.4. The van der Waals surface area contributed by atoms with Crippen LogP contribution in [0.2, 0.25) is 15.1 Å². The quantitative estimate of drug-likeness (QED) is 0.650. The Morgan fingerprint density at radius 2 is 1.76 bits per heavy atom. The van der Waals surface area contributed by atoms with Crippen molar-refractivity contribution < 1.29 is 9.76 Å². The first-order valence-corrected chi connectivity index (χ1v) is 7.37. The lowest BCUT2D eigenvalue weighted by Gasteiger charge is -2.12. The van der Waals surface area contributed by atoms with Crippen LogP contribution in [0, 0.1) is 0 Å². The molecule has 2 aromatic carbocycles. The fraction of sp³-hybridized carbons (Fsp3) is 0. The van der Waals surface area contributed by atoms with Crippen molar-refractivity contribution >= 4 is 70.8 Å². The minimum absolute atomic E-state index is 0.116. The molecular weight excluding hydrogens is 351 g/mol. The summed E-state index contributed by atoms with van der Waals surface area (Å²) in [5.74, 6) is 0.546. The van der Waals surface area contributed by atoms with E-state index in [4.69, 9.17) is 51.8 Å². The van der Waals surface area contributed by atoms with E-state index in [0.29, 0.717) is 32.0 Å². The molecule has 8 heteroatoms. The van der Waals surface area contributed by atoms with Crippen LogP contribution in [-0.2, 0) is 0 Å². The van der Waals surface area contributed by atoms with E-state index in [1.807, 2.05) is 0 Å². The third kappa shape index (κ3) is 4.50. The summed E-state index contributed by atoms with van der Waals surface area (Å²) in [5.41, 5.74) is 1.04. The van der Waals surface area contributed by atoms with Crippen LogP contribution in [0.1, 0.15) is 0 Å². The second-order valence-electron chi connectivity index (χ2n) is 4.05. The van der Waals surface area contributed by atoms with Gasteiger partial charge >= 0.3 is 7.48 Å². The molecule has 2 rings (SSSR count). The number of ether oxygens (including phenoxy) is 1. The minimum atomic E-state index is -0.199. The van der Waals surface area contributed by atoms with Gasteiger partial charge in [-0.25, -0.2) is 0 Å². The van der Waals surface area contributed by atoms with Crippen LogP contribution in [0.5, 0.6) is 5.75 Å². The molecule has 0 saturated carbocycles. The molecule has 0 saturated heterocycles. The number of nitrogens with one attached hydrogen (secondary N) is 1. The van der Waals surface area contributed by atoms with Crippen molar-refractivity contribution in [3.05, 3.63) is 51.5 Å². The highest BCUT2D eigenvalue weighted by atomic mass is 35.5. The smallest absolute Gasteiger partial charge is 0.306 e. The number of benzene rings is 2. The Kier molecular flexibility index (Phi) is 5.73. The molecule has 0 aliphatic heterocycles. The van der Waals surface area contributed by atoms with Crippen molar-refractivity contribution in [2.24, 2.45) is 0 Å². The topological polar surface area (TPSA) is 41.5 Å². The van der Waals surface area contributed by atoms with Crippen LogP contribution in [0.25, 0.3) is 0 Å². The third-order valence-electron chi connectivity index (χ3n) is 2.57. The summed E-state index contributed by atoms with van der Waals surface area (Å²) in [6.07, 6.45) is 0. The van der Waals surface area contributed by atoms with Gasteiger partial charge in [0, 0.05) is 10.0 Å². The predicted octanol–water partition coefficient (Wildman–Crippen LogP) is 3.39. The van der Waals surface area contributed by atoms with Gasteiger partial charge in [-0.15, -0.1) is 0 Å². The lowest BCUT2D eigenvalue weighted by atomic mass is 9.88. The van der Waals surface area contributed by atoms with E-state index in [1.165, 1.54) is 6.07 Å². The minimum Gasteiger partial charge on any atom is -0.449 e. The van der Waals surface area contributed by atoms with Crippen molar-refractivity contribution in [1.29, 1.82) is 0 Å². The van der Waals surface area contributed by atoms with Gasteiger partial charge in [0.15, 0.2) is 0 Å². The van der Waals surface area contributed by atoms with Crippen LogP contribution < -0.4 is 15.5 Å². The fourth-order valence-corrected chi connectivity index (χ4v) is 2.38. The van der Waals surface area contributed by atoms with Crippen LogP contribution in [0.4, 0.5) is 5.69 Å². The molecule has 21 heavy (non-hydrogen) atoms. The second kappa shape index (κ2) is 7.34. The monoisotopic (exact) mass is 359 g/mol. The summed E-state index contributed by atoms with van der Waals surface area (Å²) in [6, 6.07) is 9.92. The van der Waals surface area contributed by atoms with E-state index >= 15 is 0 Å². The Bertz CT molecular complexity index is 667. The molecule has 0 aliphatic rings. The zero-order chi connectivity index (χ0) is 15.4. The third-order valence-corrected chi connectivity index (χ3v) is 3.67. The molecule has 2 N–H and O–H groups in total. The van der Waals surface area contributed by atoms with Gasteiger partial charge in [-0.2, -0.15) is 0 Å². The maximum absolute atomic E-state index is 9.20. The highest BCUT2D eigenvalue weighted by Gasteiger charge is 2.10. The van der Waals surface area contributed by atoms with Gasteiger partial charge in [-0.1, -0.05) is 34.8 Å². The van der Waals surface area contributed by atoms with Gasteiger partial charge in [-0.3, -0.25) is 0 Å². The zero-order valence-electron chi connectivity index (χ0n) is 10.6. The molecule has 108 valence electrons.